The standard InChI is InChI=1S/C15H16N2O3S/c1-15(2,3)13-7-12-11(8-17-13)20-14-10(5-4-6-16-14)9-21(12,18)19/h4-8H,9H2,1-3H3. The third-order valence-corrected chi connectivity index (χ3v) is 5.02. The van der Waals surface area contributed by atoms with Crippen molar-refractivity contribution in [1.82, 2.24) is 9.97 Å². The Kier molecular flexibility index (Phi) is 3.02. The molecule has 0 bridgehead atoms. The molecule has 6 heteroatoms. The number of fused-ring (bicyclic) bond motifs is 2. The molecule has 3 heterocycles. The molecule has 0 amide bonds. The largest absolute Gasteiger partial charge is 0.436 e. The van der Waals surface area contributed by atoms with E-state index < -0.39 is 9.84 Å². The second-order valence-corrected chi connectivity index (χ2v) is 8.05. The van der Waals surface area contributed by atoms with Gasteiger partial charge in [-0.15, -0.1) is 0 Å². The molecule has 1 aliphatic heterocycles. The summed E-state index contributed by atoms with van der Waals surface area (Å²) in [6.07, 6.45) is 3.05. The lowest BCUT2D eigenvalue weighted by Crippen LogP contribution is -2.15. The molecule has 0 atom stereocenters. The van der Waals surface area contributed by atoms with Crippen molar-refractivity contribution in [1.29, 1.82) is 0 Å². The number of hydrogen-bond acceptors (Lipinski definition) is 5. The van der Waals surface area contributed by atoms with E-state index in [0.29, 0.717) is 17.1 Å². The van der Waals surface area contributed by atoms with Gasteiger partial charge in [-0.1, -0.05) is 26.8 Å². The molecule has 0 N–H and O–H groups in total. The Morgan fingerprint density at radius 2 is 2.00 bits per heavy atom. The molecule has 110 valence electrons. The van der Waals surface area contributed by atoms with Gasteiger partial charge in [-0.2, -0.15) is 0 Å². The molecular weight excluding hydrogens is 288 g/mol. The maximum absolute atomic E-state index is 12.6. The predicted octanol–water partition coefficient (Wildman–Crippen LogP) is 2.85. The molecule has 0 radical (unpaired) electrons. The van der Waals surface area contributed by atoms with Crippen molar-refractivity contribution in [2.75, 3.05) is 0 Å². The molecule has 0 saturated carbocycles. The number of hydrogen-bond donors (Lipinski definition) is 0. The Balaban J connectivity index is 2.21. The maximum atomic E-state index is 12.6. The lowest BCUT2D eigenvalue weighted by atomic mass is 9.92. The SMILES string of the molecule is CC(C)(C)c1cc2c(cn1)Oc1ncccc1CS2(=O)=O. The summed E-state index contributed by atoms with van der Waals surface area (Å²) in [6, 6.07) is 5.02. The lowest BCUT2D eigenvalue weighted by Gasteiger charge is -2.19. The first-order chi connectivity index (χ1) is 9.77. The van der Waals surface area contributed by atoms with Gasteiger partial charge in [0, 0.05) is 22.9 Å². The molecule has 0 spiro atoms. The summed E-state index contributed by atoms with van der Waals surface area (Å²) < 4.78 is 30.9. The first kappa shape index (κ1) is 14.0. The minimum Gasteiger partial charge on any atom is -0.436 e. The van der Waals surface area contributed by atoms with Crippen LogP contribution in [-0.2, 0) is 21.0 Å². The van der Waals surface area contributed by atoms with Crippen molar-refractivity contribution in [2.24, 2.45) is 0 Å². The normalized spacial score (nSPS) is 16.3. The summed E-state index contributed by atoms with van der Waals surface area (Å²) in [7, 11) is -3.48. The first-order valence-corrected chi connectivity index (χ1v) is 8.28. The van der Waals surface area contributed by atoms with Crippen LogP contribution in [0.2, 0.25) is 0 Å². The van der Waals surface area contributed by atoms with E-state index in [-0.39, 0.29) is 21.8 Å². The third kappa shape index (κ3) is 2.51. The van der Waals surface area contributed by atoms with Crippen molar-refractivity contribution < 1.29 is 13.2 Å². The molecule has 0 saturated heterocycles. The highest BCUT2D eigenvalue weighted by molar-refractivity contribution is 7.90. The molecular formula is C15H16N2O3S. The summed E-state index contributed by atoms with van der Waals surface area (Å²) >= 11 is 0. The van der Waals surface area contributed by atoms with Gasteiger partial charge >= 0.3 is 0 Å². The Hall–Kier alpha value is -1.95. The van der Waals surface area contributed by atoms with Gasteiger partial charge in [0.15, 0.2) is 15.6 Å². The van der Waals surface area contributed by atoms with Gasteiger partial charge in [0.25, 0.3) is 0 Å². The average Bonchev–Trinajstić information content (AvgIpc) is 2.50. The Bertz CT molecular complexity index is 808. The van der Waals surface area contributed by atoms with Crippen LogP contribution in [0, 0.1) is 0 Å². The Labute approximate surface area is 123 Å². The fourth-order valence-electron chi connectivity index (χ4n) is 2.17. The van der Waals surface area contributed by atoms with Crippen molar-refractivity contribution in [3.05, 3.63) is 41.9 Å². The van der Waals surface area contributed by atoms with Gasteiger partial charge in [-0.25, -0.2) is 13.4 Å². The summed E-state index contributed by atoms with van der Waals surface area (Å²) in [5.41, 5.74) is 1.04. The van der Waals surface area contributed by atoms with E-state index in [9.17, 15) is 8.42 Å². The van der Waals surface area contributed by atoms with Crippen LogP contribution in [0.3, 0.4) is 0 Å². The summed E-state index contributed by atoms with van der Waals surface area (Å²) in [5.74, 6) is 0.446. The first-order valence-electron chi connectivity index (χ1n) is 6.62. The van der Waals surface area contributed by atoms with E-state index in [2.05, 4.69) is 9.97 Å². The second kappa shape index (κ2) is 4.53. The minimum atomic E-state index is -3.48. The fraction of sp³-hybridized carbons (Fsp3) is 0.333. The number of pyridine rings is 2. The third-order valence-electron chi connectivity index (χ3n) is 3.34. The smallest absolute Gasteiger partial charge is 0.223 e. The monoisotopic (exact) mass is 304 g/mol. The molecule has 2 aromatic heterocycles. The zero-order chi connectivity index (χ0) is 15.3. The lowest BCUT2D eigenvalue weighted by molar-refractivity contribution is 0.444. The van der Waals surface area contributed by atoms with E-state index in [0.717, 1.165) is 0 Å². The zero-order valence-electron chi connectivity index (χ0n) is 12.1. The van der Waals surface area contributed by atoms with E-state index in [1.165, 1.54) is 6.20 Å². The molecule has 0 fully saturated rings. The van der Waals surface area contributed by atoms with Crippen LogP contribution >= 0.6 is 0 Å². The van der Waals surface area contributed by atoms with Gasteiger partial charge in [0.2, 0.25) is 5.88 Å². The molecule has 21 heavy (non-hydrogen) atoms. The number of aromatic nitrogens is 2. The summed E-state index contributed by atoms with van der Waals surface area (Å²) in [6.45, 7) is 5.96. The van der Waals surface area contributed by atoms with Crippen LogP contribution < -0.4 is 4.74 Å². The Morgan fingerprint density at radius 1 is 1.24 bits per heavy atom. The van der Waals surface area contributed by atoms with Gasteiger partial charge in [0.1, 0.15) is 4.90 Å². The van der Waals surface area contributed by atoms with Crippen molar-refractivity contribution in [2.45, 2.75) is 36.8 Å². The van der Waals surface area contributed by atoms with Crippen molar-refractivity contribution in [3.63, 3.8) is 0 Å². The Morgan fingerprint density at radius 3 is 2.71 bits per heavy atom. The van der Waals surface area contributed by atoms with Gasteiger partial charge in [0.05, 0.1) is 11.9 Å². The fourth-order valence-corrected chi connectivity index (χ4v) is 3.64. The minimum absolute atomic E-state index is 0.114. The van der Waals surface area contributed by atoms with E-state index in [1.807, 2.05) is 20.8 Å². The number of sulfone groups is 1. The van der Waals surface area contributed by atoms with E-state index >= 15 is 0 Å². The van der Waals surface area contributed by atoms with Crippen molar-refractivity contribution in [3.8, 4) is 11.6 Å². The molecule has 0 unspecified atom stereocenters. The molecule has 5 nitrogen and oxygen atoms in total. The summed E-state index contributed by atoms with van der Waals surface area (Å²) in [5, 5.41) is 0. The number of nitrogens with zero attached hydrogens (tertiary/aromatic N) is 2. The highest BCUT2D eigenvalue weighted by Crippen LogP contribution is 2.37. The molecule has 2 aromatic rings. The van der Waals surface area contributed by atoms with E-state index in [4.69, 9.17) is 4.74 Å². The highest BCUT2D eigenvalue weighted by Gasteiger charge is 2.29. The topological polar surface area (TPSA) is 69.2 Å². The second-order valence-electron chi connectivity index (χ2n) is 6.10. The maximum Gasteiger partial charge on any atom is 0.223 e. The van der Waals surface area contributed by atoms with Crippen LogP contribution in [-0.4, -0.2) is 18.4 Å². The summed E-state index contributed by atoms with van der Waals surface area (Å²) in [4.78, 5) is 8.61. The van der Waals surface area contributed by atoms with Gasteiger partial charge in [-0.3, -0.25) is 4.98 Å². The average molecular weight is 304 g/mol. The number of ether oxygens (including phenoxy) is 1. The molecule has 3 rings (SSSR count). The number of rotatable bonds is 0. The highest BCUT2D eigenvalue weighted by atomic mass is 32.2. The molecule has 0 aromatic carbocycles. The van der Waals surface area contributed by atoms with Crippen LogP contribution in [0.5, 0.6) is 11.6 Å². The quantitative estimate of drug-likeness (QED) is 0.748. The zero-order valence-corrected chi connectivity index (χ0v) is 12.9. The molecule has 0 aliphatic carbocycles. The van der Waals surface area contributed by atoms with Crippen molar-refractivity contribution >= 4 is 9.84 Å². The molecule has 1 aliphatic rings. The van der Waals surface area contributed by atoms with Crippen LogP contribution in [0.25, 0.3) is 0 Å². The van der Waals surface area contributed by atoms with Gasteiger partial charge in [-0.05, 0) is 12.1 Å². The van der Waals surface area contributed by atoms with E-state index in [1.54, 1.807) is 24.4 Å². The predicted molar refractivity (Wildman–Crippen MR) is 78.1 cm³/mol. The van der Waals surface area contributed by atoms with Gasteiger partial charge < -0.3 is 4.74 Å². The van der Waals surface area contributed by atoms with Crippen LogP contribution in [0.15, 0.2) is 35.5 Å². The van der Waals surface area contributed by atoms with Crippen LogP contribution in [0.1, 0.15) is 32.0 Å². The van der Waals surface area contributed by atoms with Crippen LogP contribution in [0.4, 0.5) is 0 Å².